The van der Waals surface area contributed by atoms with Crippen LogP contribution in [0.3, 0.4) is 0 Å². The molecule has 0 saturated heterocycles. The summed E-state index contributed by atoms with van der Waals surface area (Å²) in [4.78, 5) is 1.53. The maximum Gasteiger partial charge on any atom is 0.119 e. The lowest BCUT2D eigenvalue weighted by molar-refractivity contribution is 0.472. The number of benzene rings is 1. The fourth-order valence-corrected chi connectivity index (χ4v) is 4.34. The van der Waals surface area contributed by atoms with Gasteiger partial charge in [-0.3, -0.25) is 0 Å². The van der Waals surface area contributed by atoms with Crippen molar-refractivity contribution < 1.29 is 5.11 Å². The van der Waals surface area contributed by atoms with Crippen molar-refractivity contribution in [2.24, 2.45) is 0 Å². The Bertz CT molecular complexity index is 547. The molecule has 2 heteroatoms. The number of hydrogen-bond acceptors (Lipinski definition) is 2. The summed E-state index contributed by atoms with van der Waals surface area (Å²) in [5, 5.41) is 11.1. The van der Waals surface area contributed by atoms with Gasteiger partial charge in [-0.05, 0) is 49.3 Å². The normalized spacial score (nSPS) is 18.1. The fraction of sp³-hybridized carbons (Fsp3) is 0.500. The molecule has 1 N–H and O–H groups in total. The van der Waals surface area contributed by atoms with E-state index in [1.54, 1.807) is 0 Å². The highest BCUT2D eigenvalue weighted by molar-refractivity contribution is 7.19. The van der Waals surface area contributed by atoms with Crippen molar-refractivity contribution in [3.05, 3.63) is 28.6 Å². The molecular weight excluding hydrogens is 240 g/mol. The summed E-state index contributed by atoms with van der Waals surface area (Å²) in [5.74, 6) is 1.18. The smallest absolute Gasteiger partial charge is 0.119 e. The molecule has 0 atom stereocenters. The molecule has 0 aliphatic heterocycles. The average Bonchev–Trinajstić information content (AvgIpc) is 2.62. The van der Waals surface area contributed by atoms with E-state index >= 15 is 0 Å². The lowest BCUT2D eigenvalue weighted by atomic mass is 9.98. The lowest BCUT2D eigenvalue weighted by Crippen LogP contribution is -1.93. The third-order valence-electron chi connectivity index (χ3n) is 4.18. The Morgan fingerprint density at radius 3 is 2.56 bits per heavy atom. The first-order valence-corrected chi connectivity index (χ1v) is 7.79. The number of rotatable bonds is 1. The number of hydrogen-bond donors (Lipinski definition) is 1. The summed E-state index contributed by atoms with van der Waals surface area (Å²) in [5.41, 5.74) is 1.04. The first-order valence-electron chi connectivity index (χ1n) is 6.98. The van der Waals surface area contributed by atoms with Gasteiger partial charge in [0.25, 0.3) is 0 Å². The first-order chi connectivity index (χ1) is 8.75. The second-order valence-corrected chi connectivity index (χ2v) is 6.55. The van der Waals surface area contributed by atoms with Crippen molar-refractivity contribution in [1.29, 1.82) is 0 Å². The van der Waals surface area contributed by atoms with Gasteiger partial charge in [-0.2, -0.15) is 0 Å². The van der Waals surface area contributed by atoms with Gasteiger partial charge >= 0.3 is 0 Å². The van der Waals surface area contributed by atoms with Crippen LogP contribution in [-0.4, -0.2) is 5.11 Å². The van der Waals surface area contributed by atoms with E-state index < -0.39 is 0 Å². The summed E-state index contributed by atoms with van der Waals surface area (Å²) in [6.45, 7) is 2.02. The van der Waals surface area contributed by atoms with Gasteiger partial charge in [0, 0.05) is 15.1 Å². The maximum atomic E-state index is 9.79. The molecule has 1 aliphatic rings. The Labute approximate surface area is 112 Å². The molecule has 1 aromatic carbocycles. The Kier molecular flexibility index (Phi) is 3.29. The second-order valence-electron chi connectivity index (χ2n) is 5.47. The van der Waals surface area contributed by atoms with Crippen LogP contribution in [0.4, 0.5) is 0 Å². The van der Waals surface area contributed by atoms with E-state index in [1.165, 1.54) is 53.5 Å². The molecule has 0 unspecified atom stereocenters. The molecule has 1 heterocycles. The highest BCUT2D eigenvalue weighted by atomic mass is 32.1. The van der Waals surface area contributed by atoms with E-state index in [9.17, 15) is 5.11 Å². The van der Waals surface area contributed by atoms with Crippen LogP contribution in [0.25, 0.3) is 10.1 Å². The number of fused-ring (bicyclic) bond motifs is 1. The number of aryl methyl sites for hydroxylation is 1. The molecular formula is C16H20OS. The van der Waals surface area contributed by atoms with Gasteiger partial charge in [0.2, 0.25) is 0 Å². The molecule has 1 nitrogen and oxygen atoms in total. The number of phenols is 1. The van der Waals surface area contributed by atoms with E-state index in [4.69, 9.17) is 0 Å². The van der Waals surface area contributed by atoms with Crippen molar-refractivity contribution in [2.45, 2.75) is 51.4 Å². The third-order valence-corrected chi connectivity index (χ3v) is 5.62. The molecule has 1 aromatic heterocycles. The largest absolute Gasteiger partial charge is 0.508 e. The second kappa shape index (κ2) is 4.93. The van der Waals surface area contributed by atoms with Gasteiger partial charge in [0.05, 0.1) is 0 Å². The molecule has 96 valence electrons. The molecule has 1 aliphatic carbocycles. The summed E-state index contributed by atoms with van der Waals surface area (Å²) < 4.78 is 1.27. The Hall–Kier alpha value is -1.02. The summed E-state index contributed by atoms with van der Waals surface area (Å²) in [6, 6.07) is 6.22. The number of aromatic hydroxyl groups is 1. The highest BCUT2D eigenvalue weighted by Gasteiger charge is 2.17. The van der Waals surface area contributed by atoms with E-state index in [-0.39, 0.29) is 0 Å². The summed E-state index contributed by atoms with van der Waals surface area (Å²) in [7, 11) is 0. The molecule has 0 radical (unpaired) electrons. The lowest BCUT2D eigenvalue weighted by Gasteiger charge is -2.10. The number of phenolic OH excluding ortho intramolecular Hbond substituents is 1. The van der Waals surface area contributed by atoms with Gasteiger partial charge in [-0.1, -0.05) is 25.7 Å². The van der Waals surface area contributed by atoms with Crippen molar-refractivity contribution >= 4 is 21.4 Å². The van der Waals surface area contributed by atoms with E-state index in [0.29, 0.717) is 5.75 Å². The quantitative estimate of drug-likeness (QED) is 0.685. The van der Waals surface area contributed by atoms with E-state index in [1.807, 2.05) is 30.4 Å². The highest BCUT2D eigenvalue weighted by Crippen LogP contribution is 2.40. The molecule has 3 rings (SSSR count). The van der Waals surface area contributed by atoms with Crippen LogP contribution in [-0.2, 0) is 0 Å². The Morgan fingerprint density at radius 1 is 1.11 bits per heavy atom. The Morgan fingerprint density at radius 2 is 1.83 bits per heavy atom. The van der Waals surface area contributed by atoms with Crippen molar-refractivity contribution in [1.82, 2.24) is 0 Å². The van der Waals surface area contributed by atoms with Crippen molar-refractivity contribution in [2.75, 3.05) is 0 Å². The Balaban J connectivity index is 1.99. The maximum absolute atomic E-state index is 9.79. The van der Waals surface area contributed by atoms with Crippen LogP contribution >= 0.6 is 11.3 Å². The van der Waals surface area contributed by atoms with Crippen LogP contribution in [0.1, 0.15) is 54.9 Å². The summed E-state index contributed by atoms with van der Waals surface area (Å²) in [6.07, 6.45) is 8.25. The van der Waals surface area contributed by atoms with Gasteiger partial charge in [-0.25, -0.2) is 0 Å². The molecule has 2 aromatic rings. The minimum Gasteiger partial charge on any atom is -0.508 e. The van der Waals surface area contributed by atoms with Crippen LogP contribution in [0.5, 0.6) is 5.75 Å². The van der Waals surface area contributed by atoms with Crippen LogP contribution in [0, 0.1) is 6.92 Å². The monoisotopic (exact) mass is 260 g/mol. The SMILES string of the molecule is Cc1c(O)ccc2cc(C3CCCCCC3)sc12. The molecule has 0 bridgehead atoms. The zero-order chi connectivity index (χ0) is 12.5. The van der Waals surface area contributed by atoms with Crippen molar-refractivity contribution in [3.8, 4) is 5.75 Å². The van der Waals surface area contributed by atoms with Gasteiger partial charge in [0.1, 0.15) is 5.75 Å². The molecule has 18 heavy (non-hydrogen) atoms. The van der Waals surface area contributed by atoms with Gasteiger partial charge in [-0.15, -0.1) is 11.3 Å². The van der Waals surface area contributed by atoms with Gasteiger partial charge < -0.3 is 5.11 Å². The van der Waals surface area contributed by atoms with Crippen LogP contribution in [0.2, 0.25) is 0 Å². The van der Waals surface area contributed by atoms with E-state index in [2.05, 4.69) is 6.07 Å². The average molecular weight is 260 g/mol. The zero-order valence-corrected chi connectivity index (χ0v) is 11.7. The topological polar surface area (TPSA) is 20.2 Å². The molecule has 1 fully saturated rings. The fourth-order valence-electron chi connectivity index (χ4n) is 3.02. The zero-order valence-electron chi connectivity index (χ0n) is 10.9. The minimum absolute atomic E-state index is 0.428. The third kappa shape index (κ3) is 2.14. The van der Waals surface area contributed by atoms with Gasteiger partial charge in [0.15, 0.2) is 0 Å². The van der Waals surface area contributed by atoms with Crippen molar-refractivity contribution in [3.63, 3.8) is 0 Å². The van der Waals surface area contributed by atoms with Crippen LogP contribution < -0.4 is 0 Å². The predicted molar refractivity (Wildman–Crippen MR) is 78.7 cm³/mol. The minimum atomic E-state index is 0.428. The number of thiophene rings is 1. The predicted octanol–water partition coefficient (Wildman–Crippen LogP) is 5.35. The molecule has 0 amide bonds. The van der Waals surface area contributed by atoms with E-state index in [0.717, 1.165) is 11.5 Å². The van der Waals surface area contributed by atoms with Crippen LogP contribution in [0.15, 0.2) is 18.2 Å². The molecule has 1 saturated carbocycles. The first kappa shape index (κ1) is 12.0. The standard InChI is InChI=1S/C16H20OS/c1-11-14(17)9-8-13-10-15(18-16(11)13)12-6-4-2-3-5-7-12/h8-10,12,17H,2-7H2,1H3. The summed E-state index contributed by atoms with van der Waals surface area (Å²) >= 11 is 1.89. The molecule has 0 spiro atoms.